The van der Waals surface area contributed by atoms with Crippen LogP contribution < -0.4 is 9.47 Å². The highest BCUT2D eigenvalue weighted by molar-refractivity contribution is 5.45. The second kappa shape index (κ2) is 13.9. The maximum atomic E-state index is 9.70. The van der Waals surface area contributed by atoms with Gasteiger partial charge in [0, 0.05) is 10.8 Å². The third-order valence-electron chi connectivity index (χ3n) is 12.4. The third kappa shape index (κ3) is 6.35. The normalized spacial score (nSPS) is 18.5. The Hall–Kier alpha value is -3.60. The zero-order valence-corrected chi connectivity index (χ0v) is 28.7. The highest BCUT2D eigenvalue weighted by Crippen LogP contribution is 2.57. The van der Waals surface area contributed by atoms with Crippen LogP contribution in [0.4, 0.5) is 0 Å². The van der Waals surface area contributed by atoms with Crippen LogP contribution in [0.3, 0.4) is 0 Å². The molecule has 0 heterocycles. The Kier molecular flexibility index (Phi) is 9.82. The van der Waals surface area contributed by atoms with E-state index in [1.807, 2.05) is 0 Å². The van der Waals surface area contributed by atoms with E-state index in [0.29, 0.717) is 11.8 Å². The highest BCUT2D eigenvalue weighted by atomic mass is 16.5. The second-order valence-corrected chi connectivity index (χ2v) is 14.7. The maximum absolute atomic E-state index is 9.70. The molecule has 4 nitrogen and oxygen atoms in total. The monoisotopic (exact) mass is 632 g/mol. The minimum Gasteiger partial charge on any atom is -0.497 e. The van der Waals surface area contributed by atoms with E-state index in [9.17, 15) is 10.2 Å². The molecule has 2 aliphatic carbocycles. The van der Waals surface area contributed by atoms with Crippen molar-refractivity contribution in [3.8, 4) is 11.5 Å². The predicted molar refractivity (Wildman–Crippen MR) is 190 cm³/mol. The molecule has 0 saturated heterocycles. The standard InChI is InChI=1S/C43H52O4/c1-41(2,33-21-25-42(26-22-33,35-9-5-31(29-44)6-10-35)36-11-7-32(30-45)8-12-36)34-23-27-43(28-24-34,37-13-17-39(46-3)18-14-37)38-15-19-40(47-4)20-16-38/h5-20,33-34,44-45H,21-30H2,1-4H3. The first-order chi connectivity index (χ1) is 22.8. The van der Waals surface area contributed by atoms with Crippen LogP contribution in [0.25, 0.3) is 0 Å². The lowest BCUT2D eigenvalue weighted by Crippen LogP contribution is -2.43. The molecule has 2 saturated carbocycles. The van der Waals surface area contributed by atoms with Crippen LogP contribution in [0.1, 0.15) is 98.6 Å². The zero-order valence-electron chi connectivity index (χ0n) is 28.7. The maximum Gasteiger partial charge on any atom is 0.118 e. The largest absolute Gasteiger partial charge is 0.497 e. The molecule has 4 aromatic carbocycles. The molecule has 2 fully saturated rings. The van der Waals surface area contributed by atoms with Crippen LogP contribution in [0.2, 0.25) is 0 Å². The molecule has 0 spiro atoms. The summed E-state index contributed by atoms with van der Waals surface area (Å²) in [5.74, 6) is 3.12. The summed E-state index contributed by atoms with van der Waals surface area (Å²) >= 11 is 0. The van der Waals surface area contributed by atoms with Crippen molar-refractivity contribution in [2.75, 3.05) is 14.2 Å². The minimum absolute atomic E-state index is 0.0195. The smallest absolute Gasteiger partial charge is 0.118 e. The molecule has 0 atom stereocenters. The lowest BCUT2D eigenvalue weighted by Gasteiger charge is -2.51. The number of rotatable bonds is 10. The second-order valence-electron chi connectivity index (χ2n) is 14.7. The molecule has 0 unspecified atom stereocenters. The number of benzene rings is 4. The summed E-state index contributed by atoms with van der Waals surface area (Å²) in [6, 6.07) is 34.8. The van der Waals surface area contributed by atoms with Gasteiger partial charge < -0.3 is 19.7 Å². The first kappa shape index (κ1) is 33.3. The molecule has 4 heteroatoms. The summed E-state index contributed by atoms with van der Waals surface area (Å²) in [4.78, 5) is 0. The number of aliphatic hydroxyl groups is 2. The van der Waals surface area contributed by atoms with Crippen molar-refractivity contribution in [1.82, 2.24) is 0 Å². The Morgan fingerprint density at radius 3 is 1.04 bits per heavy atom. The molecule has 4 aromatic rings. The van der Waals surface area contributed by atoms with Crippen molar-refractivity contribution < 1.29 is 19.7 Å². The summed E-state index contributed by atoms with van der Waals surface area (Å²) in [5.41, 5.74) is 7.49. The van der Waals surface area contributed by atoms with E-state index < -0.39 is 0 Å². The van der Waals surface area contributed by atoms with Gasteiger partial charge in [0.2, 0.25) is 0 Å². The molecule has 0 aromatic heterocycles. The van der Waals surface area contributed by atoms with Gasteiger partial charge in [-0.25, -0.2) is 0 Å². The Labute approximate surface area is 281 Å². The van der Waals surface area contributed by atoms with Crippen LogP contribution in [0, 0.1) is 17.3 Å². The van der Waals surface area contributed by atoms with E-state index >= 15 is 0 Å². The van der Waals surface area contributed by atoms with E-state index in [4.69, 9.17) is 9.47 Å². The van der Waals surface area contributed by atoms with Gasteiger partial charge in [0.15, 0.2) is 0 Å². The van der Waals surface area contributed by atoms with Crippen molar-refractivity contribution in [1.29, 1.82) is 0 Å². The molecule has 0 radical (unpaired) electrons. The van der Waals surface area contributed by atoms with Gasteiger partial charge in [-0.1, -0.05) is 86.6 Å². The average molecular weight is 633 g/mol. The molecule has 248 valence electrons. The number of hydrogen-bond acceptors (Lipinski definition) is 4. The molecule has 0 aliphatic heterocycles. The summed E-state index contributed by atoms with van der Waals surface area (Å²) in [6.45, 7) is 5.23. The van der Waals surface area contributed by atoms with Gasteiger partial charge >= 0.3 is 0 Å². The van der Waals surface area contributed by atoms with E-state index in [1.165, 1.54) is 47.9 Å². The number of aliphatic hydroxyl groups excluding tert-OH is 2. The summed E-state index contributed by atoms with van der Waals surface area (Å²) < 4.78 is 11.0. The van der Waals surface area contributed by atoms with Gasteiger partial charge in [0.1, 0.15) is 11.5 Å². The molecule has 0 bridgehead atoms. The van der Waals surface area contributed by atoms with E-state index in [0.717, 1.165) is 48.3 Å². The van der Waals surface area contributed by atoms with Gasteiger partial charge in [0.05, 0.1) is 27.4 Å². The minimum atomic E-state index is -0.0565. The molecular formula is C43H52O4. The van der Waals surface area contributed by atoms with Crippen molar-refractivity contribution in [3.63, 3.8) is 0 Å². The Bertz CT molecular complexity index is 1350. The number of ether oxygens (including phenoxy) is 2. The lowest BCUT2D eigenvalue weighted by molar-refractivity contribution is 0.0364. The van der Waals surface area contributed by atoms with Gasteiger partial charge in [-0.3, -0.25) is 0 Å². The fourth-order valence-corrected chi connectivity index (χ4v) is 9.21. The van der Waals surface area contributed by atoms with Crippen LogP contribution in [0.15, 0.2) is 97.1 Å². The van der Waals surface area contributed by atoms with Crippen molar-refractivity contribution in [3.05, 3.63) is 130 Å². The summed E-state index contributed by atoms with van der Waals surface area (Å²) in [5, 5.41) is 19.4. The van der Waals surface area contributed by atoms with Crippen LogP contribution in [0.5, 0.6) is 11.5 Å². The molecule has 2 N–H and O–H groups in total. The van der Waals surface area contributed by atoms with Gasteiger partial charge in [0.25, 0.3) is 0 Å². The first-order valence-corrected chi connectivity index (χ1v) is 17.5. The average Bonchev–Trinajstić information content (AvgIpc) is 3.15. The molecular weight excluding hydrogens is 580 g/mol. The van der Waals surface area contributed by atoms with Crippen LogP contribution in [-0.4, -0.2) is 24.4 Å². The first-order valence-electron chi connectivity index (χ1n) is 17.5. The third-order valence-corrected chi connectivity index (χ3v) is 12.4. The van der Waals surface area contributed by atoms with Crippen LogP contribution in [-0.2, 0) is 24.0 Å². The van der Waals surface area contributed by atoms with Gasteiger partial charge in [-0.2, -0.15) is 0 Å². The van der Waals surface area contributed by atoms with Gasteiger partial charge in [-0.15, -0.1) is 0 Å². The van der Waals surface area contributed by atoms with E-state index in [2.05, 4.69) is 111 Å². The highest BCUT2D eigenvalue weighted by Gasteiger charge is 2.48. The van der Waals surface area contributed by atoms with E-state index in [1.54, 1.807) is 14.2 Å². The summed E-state index contributed by atoms with van der Waals surface area (Å²) in [7, 11) is 3.47. The quantitative estimate of drug-likeness (QED) is 0.183. The molecule has 6 rings (SSSR count). The zero-order chi connectivity index (χ0) is 33.1. The van der Waals surface area contributed by atoms with Crippen molar-refractivity contribution in [2.24, 2.45) is 17.3 Å². The fourth-order valence-electron chi connectivity index (χ4n) is 9.21. The predicted octanol–water partition coefficient (Wildman–Crippen LogP) is 9.37. The molecule has 0 amide bonds. The Morgan fingerprint density at radius 1 is 0.511 bits per heavy atom. The fraction of sp³-hybridized carbons (Fsp3) is 0.442. The van der Waals surface area contributed by atoms with Crippen molar-refractivity contribution in [2.45, 2.75) is 89.3 Å². The summed E-state index contributed by atoms with van der Waals surface area (Å²) in [6.07, 6.45) is 9.26. The Balaban J connectivity index is 1.23. The van der Waals surface area contributed by atoms with Crippen LogP contribution >= 0.6 is 0 Å². The van der Waals surface area contributed by atoms with Gasteiger partial charge in [-0.05, 0) is 126 Å². The van der Waals surface area contributed by atoms with Crippen molar-refractivity contribution >= 4 is 0 Å². The SMILES string of the molecule is COc1ccc(C2(c3ccc(OC)cc3)CCC(C(C)(C)C3CCC(c4ccc(CO)cc4)(c4ccc(CO)cc4)CC3)CC2)cc1. The topological polar surface area (TPSA) is 58.9 Å². The number of hydrogen-bond donors (Lipinski definition) is 2. The lowest BCUT2D eigenvalue weighted by atomic mass is 9.53. The molecule has 47 heavy (non-hydrogen) atoms. The number of methoxy groups -OCH3 is 2. The molecule has 2 aliphatic rings. The van der Waals surface area contributed by atoms with E-state index in [-0.39, 0.29) is 29.5 Å². The Morgan fingerprint density at radius 2 is 0.787 bits per heavy atom.